The van der Waals surface area contributed by atoms with Gasteiger partial charge in [-0.15, -0.1) is 0 Å². The summed E-state index contributed by atoms with van der Waals surface area (Å²) in [7, 11) is -2.20. The van der Waals surface area contributed by atoms with Crippen LogP contribution in [0.2, 0.25) is 0 Å². The summed E-state index contributed by atoms with van der Waals surface area (Å²) in [6.07, 6.45) is 2.70. The van der Waals surface area contributed by atoms with Crippen molar-refractivity contribution < 1.29 is 22.9 Å². The van der Waals surface area contributed by atoms with Crippen molar-refractivity contribution in [1.82, 2.24) is 4.31 Å². The Morgan fingerprint density at radius 1 is 1.10 bits per heavy atom. The Bertz CT molecular complexity index is 1010. The minimum absolute atomic E-state index is 0.129. The summed E-state index contributed by atoms with van der Waals surface area (Å²) in [5, 5.41) is 13.5. The van der Waals surface area contributed by atoms with Crippen LogP contribution in [-0.4, -0.2) is 43.8 Å². The molecule has 3 rings (SSSR count). The minimum atomic E-state index is -3.58. The number of carbonyl (C=O) groups is 1. The van der Waals surface area contributed by atoms with Crippen molar-refractivity contribution in [2.24, 2.45) is 0 Å². The number of sulfonamides is 1. The number of carbonyl (C=O) groups excluding carboxylic acids is 1. The van der Waals surface area contributed by atoms with E-state index in [4.69, 9.17) is 4.74 Å². The number of anilines is 1. The van der Waals surface area contributed by atoms with Gasteiger partial charge in [0, 0.05) is 30.8 Å². The van der Waals surface area contributed by atoms with Crippen molar-refractivity contribution in [2.45, 2.75) is 24.2 Å². The number of rotatable bonds is 6. The zero-order valence-electron chi connectivity index (χ0n) is 15.8. The van der Waals surface area contributed by atoms with Gasteiger partial charge in [-0.3, -0.25) is 14.9 Å². The summed E-state index contributed by atoms with van der Waals surface area (Å²) in [6, 6.07) is 9.47. The van der Waals surface area contributed by atoms with Gasteiger partial charge in [0.25, 0.3) is 11.6 Å². The highest BCUT2D eigenvalue weighted by Crippen LogP contribution is 2.29. The van der Waals surface area contributed by atoms with Gasteiger partial charge in [-0.1, -0.05) is 6.42 Å². The van der Waals surface area contributed by atoms with Gasteiger partial charge in [0.05, 0.1) is 22.6 Å². The lowest BCUT2D eigenvalue weighted by Crippen LogP contribution is -2.35. The number of benzene rings is 2. The van der Waals surface area contributed by atoms with Gasteiger partial charge in [-0.25, -0.2) is 8.42 Å². The number of ether oxygens (including phenoxy) is 1. The third-order valence-electron chi connectivity index (χ3n) is 4.71. The van der Waals surface area contributed by atoms with Gasteiger partial charge in [-0.05, 0) is 43.2 Å². The Hall–Kier alpha value is -2.98. The molecule has 1 N–H and O–H groups in total. The Morgan fingerprint density at radius 2 is 1.76 bits per heavy atom. The molecule has 1 heterocycles. The number of hydrogen-bond donors (Lipinski definition) is 1. The van der Waals surface area contributed by atoms with E-state index in [1.165, 1.54) is 53.9 Å². The smallest absolute Gasteiger partial charge is 0.271 e. The van der Waals surface area contributed by atoms with Crippen LogP contribution in [0.1, 0.15) is 29.6 Å². The molecule has 9 nitrogen and oxygen atoms in total. The average molecular weight is 419 g/mol. The maximum absolute atomic E-state index is 12.7. The second kappa shape index (κ2) is 8.58. The van der Waals surface area contributed by atoms with E-state index in [0.29, 0.717) is 13.1 Å². The highest BCUT2D eigenvalue weighted by Gasteiger charge is 2.26. The molecule has 0 radical (unpaired) electrons. The van der Waals surface area contributed by atoms with Crippen LogP contribution in [0.4, 0.5) is 11.4 Å². The number of nitrogens with zero attached hydrogens (tertiary/aromatic N) is 2. The molecule has 0 aliphatic carbocycles. The van der Waals surface area contributed by atoms with E-state index in [1.54, 1.807) is 0 Å². The molecule has 10 heteroatoms. The monoisotopic (exact) mass is 419 g/mol. The van der Waals surface area contributed by atoms with E-state index < -0.39 is 20.9 Å². The highest BCUT2D eigenvalue weighted by molar-refractivity contribution is 7.89. The number of nitro benzene ring substituents is 1. The first kappa shape index (κ1) is 20.7. The molecule has 1 aliphatic rings. The molecule has 0 unspecified atom stereocenters. The molecule has 0 atom stereocenters. The Morgan fingerprint density at radius 3 is 2.34 bits per heavy atom. The molecule has 2 aromatic rings. The van der Waals surface area contributed by atoms with E-state index in [9.17, 15) is 23.3 Å². The fraction of sp³-hybridized carbons (Fsp3) is 0.316. The van der Waals surface area contributed by atoms with Crippen LogP contribution in [-0.2, 0) is 10.0 Å². The van der Waals surface area contributed by atoms with Crippen molar-refractivity contribution in [3.05, 3.63) is 58.1 Å². The molecule has 2 aromatic carbocycles. The second-order valence-electron chi connectivity index (χ2n) is 6.58. The summed E-state index contributed by atoms with van der Waals surface area (Å²) < 4.78 is 32.0. The van der Waals surface area contributed by atoms with Crippen LogP contribution in [0, 0.1) is 10.1 Å². The van der Waals surface area contributed by atoms with Gasteiger partial charge >= 0.3 is 0 Å². The third kappa shape index (κ3) is 4.54. The van der Waals surface area contributed by atoms with Crippen LogP contribution < -0.4 is 10.1 Å². The molecule has 1 amide bonds. The topological polar surface area (TPSA) is 119 Å². The van der Waals surface area contributed by atoms with Gasteiger partial charge in [0.15, 0.2) is 0 Å². The van der Waals surface area contributed by atoms with E-state index in [-0.39, 0.29) is 27.6 Å². The van der Waals surface area contributed by atoms with Crippen LogP contribution in [0.3, 0.4) is 0 Å². The molecule has 1 fully saturated rings. The standard InChI is InChI=1S/C19H21N3O6S/c1-28-18-10-7-15(22(24)25)13-17(18)20-19(23)14-5-8-16(9-6-14)29(26,27)21-11-3-2-4-12-21/h5-10,13H,2-4,11-12H2,1H3,(H,20,23). The van der Waals surface area contributed by atoms with Crippen molar-refractivity contribution >= 4 is 27.3 Å². The number of piperidine rings is 1. The molecule has 0 saturated carbocycles. The van der Waals surface area contributed by atoms with E-state index in [0.717, 1.165) is 19.3 Å². The normalized spacial score (nSPS) is 14.9. The quantitative estimate of drug-likeness (QED) is 0.568. The van der Waals surface area contributed by atoms with Crippen molar-refractivity contribution in [1.29, 1.82) is 0 Å². The Balaban J connectivity index is 1.79. The summed E-state index contributed by atoms with van der Waals surface area (Å²) in [5.74, 6) is -0.265. The summed E-state index contributed by atoms with van der Waals surface area (Å²) in [4.78, 5) is 23.0. The number of nitro groups is 1. The van der Waals surface area contributed by atoms with Crippen molar-refractivity contribution in [3.63, 3.8) is 0 Å². The predicted molar refractivity (Wildman–Crippen MR) is 107 cm³/mol. The minimum Gasteiger partial charge on any atom is -0.495 e. The van der Waals surface area contributed by atoms with Gasteiger partial charge in [-0.2, -0.15) is 4.31 Å². The zero-order valence-corrected chi connectivity index (χ0v) is 16.6. The zero-order chi connectivity index (χ0) is 21.0. The summed E-state index contributed by atoms with van der Waals surface area (Å²) in [6.45, 7) is 0.994. The number of non-ortho nitro benzene ring substituents is 1. The first-order valence-corrected chi connectivity index (χ1v) is 10.5. The molecule has 154 valence electrons. The van der Waals surface area contributed by atoms with Crippen molar-refractivity contribution in [2.75, 3.05) is 25.5 Å². The van der Waals surface area contributed by atoms with Crippen LogP contribution in [0.25, 0.3) is 0 Å². The number of nitrogens with one attached hydrogen (secondary N) is 1. The van der Waals surface area contributed by atoms with Gasteiger partial charge in [0.2, 0.25) is 10.0 Å². The maximum Gasteiger partial charge on any atom is 0.271 e. The molecule has 0 aromatic heterocycles. The Kier molecular flexibility index (Phi) is 6.14. The van der Waals surface area contributed by atoms with Crippen LogP contribution in [0.5, 0.6) is 5.75 Å². The van der Waals surface area contributed by atoms with Gasteiger partial charge in [0.1, 0.15) is 5.75 Å². The average Bonchev–Trinajstić information content (AvgIpc) is 2.74. The number of methoxy groups -OCH3 is 1. The number of hydrogen-bond acceptors (Lipinski definition) is 6. The third-order valence-corrected chi connectivity index (χ3v) is 6.62. The summed E-state index contributed by atoms with van der Waals surface area (Å²) >= 11 is 0. The Labute approximate surface area is 168 Å². The largest absolute Gasteiger partial charge is 0.495 e. The fourth-order valence-corrected chi connectivity index (χ4v) is 4.65. The molecule has 29 heavy (non-hydrogen) atoms. The lowest BCUT2D eigenvalue weighted by atomic mass is 10.2. The molecule has 1 aliphatic heterocycles. The SMILES string of the molecule is COc1ccc([N+](=O)[O-])cc1NC(=O)c1ccc(S(=O)(=O)N2CCCCC2)cc1. The lowest BCUT2D eigenvalue weighted by molar-refractivity contribution is -0.384. The van der Waals surface area contributed by atoms with E-state index in [2.05, 4.69) is 5.32 Å². The highest BCUT2D eigenvalue weighted by atomic mass is 32.2. The lowest BCUT2D eigenvalue weighted by Gasteiger charge is -2.25. The van der Waals surface area contributed by atoms with Crippen LogP contribution >= 0.6 is 0 Å². The molecular weight excluding hydrogens is 398 g/mol. The first-order valence-electron chi connectivity index (χ1n) is 9.07. The summed E-state index contributed by atoms with van der Waals surface area (Å²) in [5.41, 5.74) is 0.178. The van der Waals surface area contributed by atoms with Gasteiger partial charge < -0.3 is 10.1 Å². The van der Waals surface area contributed by atoms with E-state index >= 15 is 0 Å². The molecule has 0 spiro atoms. The fourth-order valence-electron chi connectivity index (χ4n) is 3.13. The predicted octanol–water partition coefficient (Wildman–Crippen LogP) is 3.03. The first-order chi connectivity index (χ1) is 13.8. The molecular formula is C19H21N3O6S. The van der Waals surface area contributed by atoms with Crippen LogP contribution in [0.15, 0.2) is 47.4 Å². The maximum atomic E-state index is 12.7. The molecule has 1 saturated heterocycles. The van der Waals surface area contributed by atoms with E-state index in [1.807, 2.05) is 0 Å². The second-order valence-corrected chi connectivity index (χ2v) is 8.52. The number of amides is 1. The van der Waals surface area contributed by atoms with Crippen molar-refractivity contribution in [3.8, 4) is 5.75 Å². The molecule has 0 bridgehead atoms.